The molecule has 1 rings (SSSR count). The predicted octanol–water partition coefficient (Wildman–Crippen LogP) is 2.33. The first kappa shape index (κ1) is 8.52. The van der Waals surface area contributed by atoms with Crippen molar-refractivity contribution in [1.82, 2.24) is 0 Å². The Kier molecular flexibility index (Phi) is 5.35. The zero-order valence-corrected chi connectivity index (χ0v) is 6.31. The standard InChI is InChI=1S/C5H5.C3H4.Fe/c1-2-4-5-3-1;1-3-2;/h1-3H,4H2;1-2H2;. The van der Waals surface area contributed by atoms with Gasteiger partial charge in [0.1, 0.15) is 0 Å². The second-order valence-electron chi connectivity index (χ2n) is 1.48. The molecule has 0 aliphatic heterocycles. The molecule has 0 bridgehead atoms. The summed E-state index contributed by atoms with van der Waals surface area (Å²) in [5.41, 5.74) is 2.25. The molecule has 0 N–H and O–H groups in total. The summed E-state index contributed by atoms with van der Waals surface area (Å²) in [5.74, 6) is 0. The van der Waals surface area contributed by atoms with E-state index in [2.05, 4.69) is 41.0 Å². The summed E-state index contributed by atoms with van der Waals surface area (Å²) in [4.78, 5) is 0. The monoisotopic (exact) mass is 161 g/mol. The normalized spacial score (nSPS) is 13.2. The molecule has 0 heterocycles. The van der Waals surface area contributed by atoms with Gasteiger partial charge in [0.15, 0.2) is 0 Å². The molecule has 1 aliphatic carbocycles. The van der Waals surface area contributed by atoms with E-state index in [1.54, 1.807) is 0 Å². The predicted molar refractivity (Wildman–Crippen MR) is 36.6 cm³/mol. The van der Waals surface area contributed by atoms with Crippen LogP contribution in [0.1, 0.15) is 6.42 Å². The van der Waals surface area contributed by atoms with E-state index < -0.39 is 0 Å². The summed E-state index contributed by atoms with van der Waals surface area (Å²) < 4.78 is 1.22. The van der Waals surface area contributed by atoms with Gasteiger partial charge >= 0.3 is 45.1 Å². The van der Waals surface area contributed by atoms with Crippen LogP contribution < -0.4 is 0 Å². The number of allylic oxidation sites excluding steroid dienone is 4. The Hall–Kier alpha value is -0.481. The minimum atomic E-state index is 1.06. The molecule has 0 saturated carbocycles. The molecule has 0 unspecified atom stereocenters. The van der Waals surface area contributed by atoms with E-state index in [9.17, 15) is 0 Å². The molecule has 0 nitrogen and oxygen atoms in total. The molecule has 0 amide bonds. The average molecular weight is 161 g/mol. The summed E-state index contributed by atoms with van der Waals surface area (Å²) in [6.45, 7) is 6.25. The molecule has 1 heteroatoms. The molecule has 0 aromatic rings. The van der Waals surface area contributed by atoms with Gasteiger partial charge in [-0.05, 0) is 0 Å². The van der Waals surface area contributed by atoms with Crippen LogP contribution in [0.3, 0.4) is 0 Å². The summed E-state index contributed by atoms with van der Waals surface area (Å²) in [5, 5.41) is 0. The number of rotatable bonds is 0. The van der Waals surface area contributed by atoms with Crippen molar-refractivity contribution in [3.8, 4) is 0 Å². The Morgan fingerprint density at radius 3 is 2.22 bits per heavy atom. The summed E-state index contributed by atoms with van der Waals surface area (Å²) in [7, 11) is 0. The second-order valence-corrected chi connectivity index (χ2v) is 2.19. The van der Waals surface area contributed by atoms with E-state index in [0.29, 0.717) is 0 Å². The maximum absolute atomic E-state index is 3.74. The van der Waals surface area contributed by atoms with Gasteiger partial charge in [0.2, 0.25) is 0 Å². The van der Waals surface area contributed by atoms with Crippen LogP contribution in [0, 0.1) is 0 Å². The molecule has 0 spiro atoms. The van der Waals surface area contributed by atoms with E-state index in [-0.39, 0.29) is 0 Å². The van der Waals surface area contributed by atoms with E-state index >= 15 is 0 Å². The third kappa shape index (κ3) is 5.39. The van der Waals surface area contributed by atoms with Crippen molar-refractivity contribution in [2.75, 3.05) is 0 Å². The van der Waals surface area contributed by atoms with Gasteiger partial charge < -0.3 is 0 Å². The van der Waals surface area contributed by atoms with Crippen molar-refractivity contribution in [3.05, 3.63) is 41.6 Å². The average Bonchev–Trinajstić information content (AvgIpc) is 2.20. The molecule has 0 aromatic carbocycles. The van der Waals surface area contributed by atoms with Gasteiger partial charge in [-0.1, -0.05) is 13.2 Å². The second kappa shape index (κ2) is 5.65. The van der Waals surface area contributed by atoms with Gasteiger partial charge in [0.05, 0.1) is 0 Å². The van der Waals surface area contributed by atoms with Crippen LogP contribution in [0.2, 0.25) is 0 Å². The minimum absolute atomic E-state index is 1.06. The van der Waals surface area contributed by atoms with Crippen molar-refractivity contribution >= 4 is 0 Å². The zero-order valence-electron chi connectivity index (χ0n) is 5.21. The first-order valence-corrected chi connectivity index (χ1v) is 3.15. The van der Waals surface area contributed by atoms with E-state index in [1.807, 2.05) is 12.2 Å². The summed E-state index contributed by atoms with van der Waals surface area (Å²) >= 11 is 3.74. The third-order valence-electron chi connectivity index (χ3n) is 0.717. The van der Waals surface area contributed by atoms with E-state index in [4.69, 9.17) is 0 Å². The maximum atomic E-state index is 3.74. The molecule has 0 radical (unpaired) electrons. The van der Waals surface area contributed by atoms with Gasteiger partial charge in [-0.3, -0.25) is 0 Å². The first-order valence-electron chi connectivity index (χ1n) is 2.60. The van der Waals surface area contributed by atoms with E-state index in [0.717, 1.165) is 6.42 Å². The fourth-order valence-electron chi connectivity index (χ4n) is 0.416. The van der Waals surface area contributed by atoms with Gasteiger partial charge in [-0.2, -0.15) is 0 Å². The Morgan fingerprint density at radius 2 is 2.11 bits per heavy atom. The van der Waals surface area contributed by atoms with E-state index in [1.165, 1.54) is 4.47 Å². The fourth-order valence-corrected chi connectivity index (χ4v) is 0.652. The van der Waals surface area contributed by atoms with Crippen LogP contribution in [-0.4, -0.2) is 0 Å². The van der Waals surface area contributed by atoms with Crippen LogP contribution in [0.4, 0.5) is 0 Å². The van der Waals surface area contributed by atoms with Crippen LogP contribution in [0.15, 0.2) is 41.6 Å². The Morgan fingerprint density at radius 1 is 1.56 bits per heavy atom. The quantitative estimate of drug-likeness (QED) is 0.377. The number of hydrogen-bond donors (Lipinski definition) is 0. The molecule has 0 saturated heterocycles. The van der Waals surface area contributed by atoms with Crippen LogP contribution >= 0.6 is 0 Å². The molecular weight excluding hydrogens is 152 g/mol. The van der Waals surface area contributed by atoms with Crippen molar-refractivity contribution in [2.24, 2.45) is 0 Å². The Balaban J connectivity index is 0.000000187. The molecule has 0 aromatic heterocycles. The number of hydrogen-bond acceptors (Lipinski definition) is 0. The molecule has 0 fully saturated rings. The molecular formula is C8H9Fe. The van der Waals surface area contributed by atoms with Crippen LogP contribution in [0.5, 0.6) is 0 Å². The van der Waals surface area contributed by atoms with Crippen molar-refractivity contribution in [1.29, 1.82) is 0 Å². The van der Waals surface area contributed by atoms with Gasteiger partial charge in [-0.25, -0.2) is 0 Å². The Bertz CT molecular complexity index is 157. The van der Waals surface area contributed by atoms with Crippen molar-refractivity contribution in [3.63, 3.8) is 0 Å². The van der Waals surface area contributed by atoms with Crippen molar-refractivity contribution < 1.29 is 16.0 Å². The first-order chi connectivity index (χ1) is 4.31. The van der Waals surface area contributed by atoms with Crippen molar-refractivity contribution in [2.45, 2.75) is 6.42 Å². The Labute approximate surface area is 64.5 Å². The van der Waals surface area contributed by atoms with Crippen LogP contribution in [0.25, 0.3) is 0 Å². The summed E-state index contributed by atoms with van der Waals surface area (Å²) in [6, 6.07) is 0. The fraction of sp³-hybridized carbons (Fsp3) is 0.125. The molecule has 1 aliphatic rings. The molecule has 0 atom stereocenters. The summed E-state index contributed by atoms with van der Waals surface area (Å²) in [6.07, 6.45) is 7.21. The SMILES string of the molecule is C=C=C.[Fe][C]1=CC=CC1. The zero-order chi connectivity index (χ0) is 7.11. The third-order valence-corrected chi connectivity index (χ3v) is 1.13. The van der Waals surface area contributed by atoms with Crippen LogP contribution in [-0.2, 0) is 16.0 Å². The molecule has 49 valence electrons. The molecule has 9 heavy (non-hydrogen) atoms. The van der Waals surface area contributed by atoms with Gasteiger partial charge in [-0.15, -0.1) is 5.73 Å². The van der Waals surface area contributed by atoms with Gasteiger partial charge in [0, 0.05) is 0 Å². The van der Waals surface area contributed by atoms with Gasteiger partial charge in [0.25, 0.3) is 0 Å². The topological polar surface area (TPSA) is 0 Å².